The summed E-state index contributed by atoms with van der Waals surface area (Å²) in [5.41, 5.74) is -1.25. The standard InChI is InChI=1S/C31H43N5O8S/c1-18-32-21-12-13-35(17-24(21)45-18)29(42)43-20-14-23-25(37)34-31(27(39)40)15-19(31)10-8-6-5-7-9-11-22(26(38)36(23)16-20)33-28(41)44-30(2,3)4/h8,10,19-20,22-23H,5-7,9,11-17H2,1-4H3,(H,33,41)(H,34,37)(H,39,40)/b10-8-/t19-,20-,22+,23+,31-/m1/s1. The van der Waals surface area contributed by atoms with Crippen LogP contribution in [0.25, 0.3) is 0 Å². The minimum Gasteiger partial charge on any atom is -0.479 e. The number of aromatic nitrogens is 1. The number of aryl methyl sites for hydroxylation is 1. The third kappa shape index (κ3) is 7.59. The number of fused-ring (bicyclic) bond motifs is 3. The first-order chi connectivity index (χ1) is 21.3. The summed E-state index contributed by atoms with van der Waals surface area (Å²) in [5.74, 6) is -2.63. The van der Waals surface area contributed by atoms with Crippen molar-refractivity contribution in [3.05, 3.63) is 27.7 Å². The molecule has 1 aromatic rings. The summed E-state index contributed by atoms with van der Waals surface area (Å²) >= 11 is 1.54. The summed E-state index contributed by atoms with van der Waals surface area (Å²) in [6.45, 7) is 7.83. The zero-order chi connectivity index (χ0) is 32.5. The number of aliphatic carboxylic acids is 1. The van der Waals surface area contributed by atoms with E-state index in [9.17, 15) is 29.1 Å². The van der Waals surface area contributed by atoms with Gasteiger partial charge in [0.15, 0.2) is 0 Å². The van der Waals surface area contributed by atoms with E-state index in [2.05, 4.69) is 15.6 Å². The number of carboxylic acid groups (broad SMARTS) is 1. The second-order valence-electron chi connectivity index (χ2n) is 13.4. The van der Waals surface area contributed by atoms with Gasteiger partial charge in [-0.3, -0.25) is 9.59 Å². The number of nitrogens with zero attached hydrogens (tertiary/aromatic N) is 3. The number of alkyl carbamates (subject to hydrolysis) is 1. The van der Waals surface area contributed by atoms with E-state index in [1.165, 1.54) is 16.2 Å². The highest BCUT2D eigenvalue weighted by Gasteiger charge is 2.61. The van der Waals surface area contributed by atoms with Crippen LogP contribution >= 0.6 is 11.3 Å². The fourth-order valence-corrected chi connectivity index (χ4v) is 7.29. The first kappa shape index (κ1) is 32.7. The quantitative estimate of drug-likeness (QED) is 0.418. The van der Waals surface area contributed by atoms with Crippen molar-refractivity contribution < 1.29 is 38.6 Å². The van der Waals surface area contributed by atoms with Gasteiger partial charge in [-0.15, -0.1) is 11.3 Å². The van der Waals surface area contributed by atoms with Crippen molar-refractivity contribution in [2.24, 2.45) is 5.92 Å². The lowest BCUT2D eigenvalue weighted by Gasteiger charge is -2.30. The highest BCUT2D eigenvalue weighted by molar-refractivity contribution is 7.11. The van der Waals surface area contributed by atoms with Gasteiger partial charge in [-0.25, -0.2) is 19.4 Å². The lowest BCUT2D eigenvalue weighted by Crippen LogP contribution is -2.56. The predicted octanol–water partition coefficient (Wildman–Crippen LogP) is 3.29. The van der Waals surface area contributed by atoms with E-state index in [-0.39, 0.29) is 25.3 Å². The van der Waals surface area contributed by atoms with Crippen molar-refractivity contribution in [2.45, 2.75) is 115 Å². The fourth-order valence-electron chi connectivity index (χ4n) is 6.29. The van der Waals surface area contributed by atoms with Crippen LogP contribution in [0.4, 0.5) is 9.59 Å². The van der Waals surface area contributed by atoms with E-state index in [1.807, 2.05) is 19.1 Å². The third-order valence-corrected chi connectivity index (χ3v) is 9.67. The molecule has 0 aromatic carbocycles. The Morgan fingerprint density at radius 1 is 1.20 bits per heavy atom. The average Bonchev–Trinajstić information content (AvgIpc) is 3.28. The molecular weight excluding hydrogens is 602 g/mol. The topological polar surface area (TPSA) is 167 Å². The Kier molecular flexibility index (Phi) is 9.43. The van der Waals surface area contributed by atoms with Gasteiger partial charge in [0.25, 0.3) is 0 Å². The van der Waals surface area contributed by atoms with Gasteiger partial charge in [0.2, 0.25) is 11.8 Å². The van der Waals surface area contributed by atoms with Gasteiger partial charge in [-0.05, 0) is 53.4 Å². The van der Waals surface area contributed by atoms with Crippen molar-refractivity contribution in [1.82, 2.24) is 25.4 Å². The monoisotopic (exact) mass is 645 g/mol. The molecule has 0 bridgehead atoms. The molecule has 13 nitrogen and oxygen atoms in total. The molecule has 1 aliphatic carbocycles. The molecule has 45 heavy (non-hydrogen) atoms. The molecular formula is C31H43N5O8S. The van der Waals surface area contributed by atoms with Gasteiger partial charge in [0.1, 0.15) is 29.3 Å². The molecule has 0 spiro atoms. The number of allylic oxidation sites excluding steroid dienone is 1. The minimum absolute atomic E-state index is 0.00255. The molecule has 0 unspecified atom stereocenters. The lowest BCUT2D eigenvalue weighted by molar-refractivity contribution is -0.145. The largest absolute Gasteiger partial charge is 0.479 e. The summed E-state index contributed by atoms with van der Waals surface area (Å²) in [5, 5.41) is 16.4. The van der Waals surface area contributed by atoms with Crippen LogP contribution in [0.1, 0.15) is 81.3 Å². The van der Waals surface area contributed by atoms with Crippen LogP contribution in [0, 0.1) is 12.8 Å². The summed E-state index contributed by atoms with van der Waals surface area (Å²) in [6.07, 6.45) is 5.85. The number of rotatable bonds is 3. The van der Waals surface area contributed by atoms with Crippen LogP contribution in [0.2, 0.25) is 0 Å². The van der Waals surface area contributed by atoms with Gasteiger partial charge in [0.05, 0.1) is 23.8 Å². The van der Waals surface area contributed by atoms with E-state index in [0.717, 1.165) is 34.8 Å². The number of thiazole rings is 1. The summed E-state index contributed by atoms with van der Waals surface area (Å²) in [6, 6.07) is -2.08. The van der Waals surface area contributed by atoms with Crippen molar-refractivity contribution in [1.29, 1.82) is 0 Å². The maximum atomic E-state index is 14.1. The van der Waals surface area contributed by atoms with Gasteiger partial charge in [0, 0.05) is 30.2 Å². The van der Waals surface area contributed by atoms with Crippen LogP contribution in [-0.4, -0.2) is 92.3 Å². The van der Waals surface area contributed by atoms with E-state index in [4.69, 9.17) is 9.47 Å². The van der Waals surface area contributed by atoms with Gasteiger partial charge >= 0.3 is 18.2 Å². The Hall–Kier alpha value is -3.68. The molecule has 3 aliphatic heterocycles. The predicted molar refractivity (Wildman–Crippen MR) is 163 cm³/mol. The van der Waals surface area contributed by atoms with E-state index >= 15 is 0 Å². The van der Waals surface area contributed by atoms with Gasteiger partial charge in [-0.2, -0.15) is 0 Å². The number of ether oxygens (including phenoxy) is 2. The zero-order valence-electron chi connectivity index (χ0n) is 26.3. The highest BCUT2D eigenvalue weighted by Crippen LogP contribution is 2.45. The smallest absolute Gasteiger partial charge is 0.410 e. The van der Waals surface area contributed by atoms with E-state index in [1.54, 1.807) is 25.7 Å². The highest BCUT2D eigenvalue weighted by atomic mass is 32.1. The molecule has 5 rings (SSSR count). The molecule has 1 saturated carbocycles. The van der Waals surface area contributed by atoms with Gasteiger partial charge in [-0.1, -0.05) is 25.0 Å². The Labute approximate surface area is 266 Å². The van der Waals surface area contributed by atoms with Crippen LogP contribution in [0.3, 0.4) is 0 Å². The van der Waals surface area contributed by atoms with Gasteiger partial charge < -0.3 is 35.0 Å². The van der Waals surface area contributed by atoms with Crippen molar-refractivity contribution in [3.8, 4) is 0 Å². The fraction of sp³-hybridized carbons (Fsp3) is 0.677. The van der Waals surface area contributed by atoms with Crippen LogP contribution in [-0.2, 0) is 36.8 Å². The number of amides is 4. The van der Waals surface area contributed by atoms with Crippen molar-refractivity contribution in [2.75, 3.05) is 13.1 Å². The first-order valence-corrected chi connectivity index (χ1v) is 16.5. The molecule has 4 aliphatic rings. The van der Waals surface area contributed by atoms with Crippen LogP contribution < -0.4 is 10.6 Å². The Morgan fingerprint density at radius 3 is 2.71 bits per heavy atom. The number of nitrogens with one attached hydrogen (secondary N) is 2. The molecule has 4 heterocycles. The van der Waals surface area contributed by atoms with Crippen molar-refractivity contribution in [3.63, 3.8) is 0 Å². The number of hydrogen-bond donors (Lipinski definition) is 3. The lowest BCUT2D eigenvalue weighted by atomic mass is 10.0. The molecule has 3 N–H and O–H groups in total. The molecule has 1 aromatic heterocycles. The zero-order valence-corrected chi connectivity index (χ0v) is 27.1. The summed E-state index contributed by atoms with van der Waals surface area (Å²) < 4.78 is 11.3. The van der Waals surface area contributed by atoms with Crippen molar-refractivity contribution >= 4 is 41.3 Å². The molecule has 14 heteroatoms. The minimum atomic E-state index is -1.45. The second-order valence-corrected chi connectivity index (χ2v) is 14.7. The maximum absolute atomic E-state index is 14.1. The Morgan fingerprint density at radius 2 is 1.98 bits per heavy atom. The van der Waals surface area contributed by atoms with Crippen LogP contribution in [0.5, 0.6) is 0 Å². The third-order valence-electron chi connectivity index (χ3n) is 8.68. The summed E-state index contributed by atoms with van der Waals surface area (Å²) in [4.78, 5) is 74.6. The summed E-state index contributed by atoms with van der Waals surface area (Å²) in [7, 11) is 0. The average molecular weight is 646 g/mol. The van der Waals surface area contributed by atoms with E-state index in [0.29, 0.717) is 32.4 Å². The number of carboxylic acids is 1. The first-order valence-electron chi connectivity index (χ1n) is 15.7. The SMILES string of the molecule is Cc1nc2c(s1)CN(C(=O)O[C@@H]1C[C@H]3C(=O)N[C@]4(C(=O)O)C[C@H]4/C=C\CCCCC[C@H](NC(=O)OC(C)(C)C)C(=O)N3C1)CC2. The molecule has 4 amide bonds. The second kappa shape index (κ2) is 13.0. The molecule has 2 fully saturated rings. The molecule has 1 saturated heterocycles. The molecule has 5 atom stereocenters. The number of hydrogen-bond acceptors (Lipinski definition) is 9. The normalized spacial score (nSPS) is 29.6. The molecule has 0 radical (unpaired) electrons. The molecule has 246 valence electrons. The Balaban J connectivity index is 1.36. The number of carbonyl (C=O) groups is 5. The van der Waals surface area contributed by atoms with Crippen LogP contribution in [0.15, 0.2) is 12.2 Å². The Bertz CT molecular complexity index is 1370. The number of carbonyl (C=O) groups excluding carboxylic acids is 4. The maximum Gasteiger partial charge on any atom is 0.410 e. The van der Waals surface area contributed by atoms with E-state index < -0.39 is 59.3 Å².